The van der Waals surface area contributed by atoms with Crippen LogP contribution in [0.5, 0.6) is 0 Å². The molecule has 1 amide bonds. The fourth-order valence-corrected chi connectivity index (χ4v) is 1.21. The molecule has 0 heterocycles. The Bertz CT molecular complexity index is 195. The molecule has 0 aromatic rings. The number of carbonyl (C=O) groups is 1. The van der Waals surface area contributed by atoms with Crippen LogP contribution in [0.2, 0.25) is 0 Å². The Morgan fingerprint density at radius 3 is 2.31 bits per heavy atom. The molecule has 0 rings (SSSR count). The maximum absolute atomic E-state index is 11.5. The van der Waals surface area contributed by atoms with Gasteiger partial charge in [-0.25, -0.2) is 0 Å². The highest BCUT2D eigenvalue weighted by Gasteiger charge is 2.14. The van der Waals surface area contributed by atoms with Gasteiger partial charge in [0.2, 0.25) is 5.91 Å². The molecule has 0 aromatic heterocycles. The van der Waals surface area contributed by atoms with E-state index in [4.69, 9.17) is 9.47 Å². The summed E-state index contributed by atoms with van der Waals surface area (Å²) in [5.74, 6) is 0.438. The monoisotopic (exact) mass is 231 g/mol. The minimum Gasteiger partial charge on any atom is -0.379 e. The molecule has 0 saturated carbocycles. The molecule has 0 bridgehead atoms. The maximum atomic E-state index is 11.5. The Balaban J connectivity index is 3.69. The summed E-state index contributed by atoms with van der Waals surface area (Å²) in [5, 5.41) is 2.85. The van der Waals surface area contributed by atoms with Gasteiger partial charge in [-0.2, -0.15) is 0 Å². The van der Waals surface area contributed by atoms with Crippen LogP contribution in [0.3, 0.4) is 0 Å². The first-order chi connectivity index (χ1) is 7.47. The van der Waals surface area contributed by atoms with Gasteiger partial charge in [0.15, 0.2) is 0 Å². The maximum Gasteiger partial charge on any atom is 0.249 e. The van der Waals surface area contributed by atoms with Crippen molar-refractivity contribution in [2.75, 3.05) is 19.8 Å². The molecule has 2 atom stereocenters. The lowest BCUT2D eigenvalue weighted by Crippen LogP contribution is -2.42. The molecule has 1 N–H and O–H groups in total. The van der Waals surface area contributed by atoms with E-state index in [2.05, 4.69) is 19.2 Å². The first-order valence-electron chi connectivity index (χ1n) is 5.97. The summed E-state index contributed by atoms with van der Waals surface area (Å²) in [5.41, 5.74) is 0. The highest BCUT2D eigenvalue weighted by Crippen LogP contribution is 1.96. The van der Waals surface area contributed by atoms with Crippen molar-refractivity contribution in [3.63, 3.8) is 0 Å². The van der Waals surface area contributed by atoms with E-state index in [1.165, 1.54) is 0 Å². The Kier molecular flexibility index (Phi) is 8.21. The van der Waals surface area contributed by atoms with Crippen molar-refractivity contribution in [3.05, 3.63) is 0 Å². The number of ether oxygens (including phenoxy) is 2. The summed E-state index contributed by atoms with van der Waals surface area (Å²) < 4.78 is 10.6. The molecule has 0 aliphatic carbocycles. The van der Waals surface area contributed by atoms with E-state index in [1.54, 1.807) is 6.92 Å². The molecule has 4 heteroatoms. The van der Waals surface area contributed by atoms with E-state index in [-0.39, 0.29) is 11.9 Å². The zero-order chi connectivity index (χ0) is 12.6. The van der Waals surface area contributed by atoms with Crippen LogP contribution < -0.4 is 5.32 Å². The van der Waals surface area contributed by atoms with Crippen LogP contribution in [0.25, 0.3) is 0 Å². The fourth-order valence-electron chi connectivity index (χ4n) is 1.21. The molecule has 0 spiro atoms. The molecular weight excluding hydrogens is 206 g/mol. The lowest BCUT2D eigenvalue weighted by molar-refractivity contribution is -0.132. The quantitative estimate of drug-likeness (QED) is 0.690. The van der Waals surface area contributed by atoms with Gasteiger partial charge in [-0.15, -0.1) is 0 Å². The van der Waals surface area contributed by atoms with Crippen LogP contribution in [-0.4, -0.2) is 37.9 Å². The second kappa shape index (κ2) is 8.53. The molecule has 4 nitrogen and oxygen atoms in total. The number of amides is 1. The molecule has 0 radical (unpaired) electrons. The van der Waals surface area contributed by atoms with E-state index < -0.39 is 6.10 Å². The van der Waals surface area contributed by atoms with Gasteiger partial charge in [-0.05, 0) is 26.7 Å². The summed E-state index contributed by atoms with van der Waals surface area (Å²) in [4.78, 5) is 11.5. The third-order valence-corrected chi connectivity index (χ3v) is 1.99. The topological polar surface area (TPSA) is 47.6 Å². The van der Waals surface area contributed by atoms with E-state index in [1.807, 2.05) is 13.8 Å². The van der Waals surface area contributed by atoms with Gasteiger partial charge < -0.3 is 14.8 Å². The number of hydrogen-bond acceptors (Lipinski definition) is 3. The smallest absolute Gasteiger partial charge is 0.249 e. The van der Waals surface area contributed by atoms with Gasteiger partial charge in [0, 0.05) is 19.3 Å². The minimum absolute atomic E-state index is 0.0224. The molecule has 2 unspecified atom stereocenters. The molecule has 0 saturated heterocycles. The standard InChI is InChI=1S/C12H25NO3/c1-6-16-11(5)12(14)13-10(4)8-15-7-9(2)3/h9-11H,6-8H2,1-5H3,(H,13,14). The summed E-state index contributed by atoms with van der Waals surface area (Å²) in [6, 6.07) is 0.0224. The minimum atomic E-state index is -0.391. The van der Waals surface area contributed by atoms with Crippen molar-refractivity contribution in [1.29, 1.82) is 0 Å². The van der Waals surface area contributed by atoms with Gasteiger partial charge in [0.25, 0.3) is 0 Å². The summed E-state index contributed by atoms with van der Waals surface area (Å²) in [7, 11) is 0. The highest BCUT2D eigenvalue weighted by molar-refractivity contribution is 5.80. The lowest BCUT2D eigenvalue weighted by atomic mass is 10.2. The van der Waals surface area contributed by atoms with Crippen molar-refractivity contribution < 1.29 is 14.3 Å². The van der Waals surface area contributed by atoms with Gasteiger partial charge >= 0.3 is 0 Å². The number of rotatable bonds is 8. The average molecular weight is 231 g/mol. The van der Waals surface area contributed by atoms with Gasteiger partial charge in [-0.1, -0.05) is 13.8 Å². The van der Waals surface area contributed by atoms with E-state index in [0.29, 0.717) is 19.1 Å². The van der Waals surface area contributed by atoms with Crippen molar-refractivity contribution in [2.24, 2.45) is 5.92 Å². The Morgan fingerprint density at radius 1 is 1.19 bits per heavy atom. The molecule has 16 heavy (non-hydrogen) atoms. The van der Waals surface area contributed by atoms with Crippen molar-refractivity contribution in [1.82, 2.24) is 5.32 Å². The number of nitrogens with one attached hydrogen (secondary N) is 1. The third kappa shape index (κ3) is 7.65. The van der Waals surface area contributed by atoms with Crippen LogP contribution in [0.4, 0.5) is 0 Å². The SMILES string of the molecule is CCOC(C)C(=O)NC(C)COCC(C)C. The zero-order valence-electron chi connectivity index (χ0n) is 11.1. The summed E-state index contributed by atoms with van der Waals surface area (Å²) >= 11 is 0. The number of hydrogen-bond donors (Lipinski definition) is 1. The van der Waals surface area contributed by atoms with E-state index >= 15 is 0 Å². The van der Waals surface area contributed by atoms with Crippen LogP contribution in [0.15, 0.2) is 0 Å². The van der Waals surface area contributed by atoms with Crippen LogP contribution in [0, 0.1) is 5.92 Å². The Morgan fingerprint density at radius 2 is 1.81 bits per heavy atom. The Labute approximate surface area is 98.7 Å². The van der Waals surface area contributed by atoms with E-state index in [9.17, 15) is 4.79 Å². The fraction of sp³-hybridized carbons (Fsp3) is 0.917. The van der Waals surface area contributed by atoms with Gasteiger partial charge in [0.1, 0.15) is 6.10 Å². The first kappa shape index (κ1) is 15.4. The molecule has 0 aliphatic heterocycles. The lowest BCUT2D eigenvalue weighted by Gasteiger charge is -2.18. The van der Waals surface area contributed by atoms with Crippen molar-refractivity contribution in [3.8, 4) is 0 Å². The highest BCUT2D eigenvalue weighted by atomic mass is 16.5. The zero-order valence-corrected chi connectivity index (χ0v) is 11.1. The van der Waals surface area contributed by atoms with Crippen molar-refractivity contribution >= 4 is 5.91 Å². The predicted molar refractivity (Wildman–Crippen MR) is 64.3 cm³/mol. The third-order valence-electron chi connectivity index (χ3n) is 1.99. The largest absolute Gasteiger partial charge is 0.379 e. The second-order valence-corrected chi connectivity index (χ2v) is 4.44. The Hall–Kier alpha value is -0.610. The predicted octanol–water partition coefficient (Wildman–Crippen LogP) is 1.59. The summed E-state index contributed by atoms with van der Waals surface area (Å²) in [6.45, 7) is 11.6. The average Bonchev–Trinajstić information content (AvgIpc) is 2.17. The second-order valence-electron chi connectivity index (χ2n) is 4.44. The van der Waals surface area contributed by atoms with Crippen LogP contribution >= 0.6 is 0 Å². The van der Waals surface area contributed by atoms with Crippen molar-refractivity contribution in [2.45, 2.75) is 46.8 Å². The molecule has 96 valence electrons. The molecule has 0 aromatic carbocycles. The molecule has 0 aliphatic rings. The first-order valence-corrected chi connectivity index (χ1v) is 5.97. The van der Waals surface area contributed by atoms with Crippen LogP contribution in [0.1, 0.15) is 34.6 Å². The summed E-state index contributed by atoms with van der Waals surface area (Å²) in [6.07, 6.45) is -0.391. The van der Waals surface area contributed by atoms with E-state index in [0.717, 1.165) is 6.61 Å². The number of carbonyl (C=O) groups excluding carboxylic acids is 1. The van der Waals surface area contributed by atoms with Crippen LogP contribution in [-0.2, 0) is 14.3 Å². The van der Waals surface area contributed by atoms with Gasteiger partial charge in [-0.3, -0.25) is 4.79 Å². The molecular formula is C12H25NO3. The normalized spacial score (nSPS) is 14.9. The molecule has 0 fully saturated rings. The van der Waals surface area contributed by atoms with Gasteiger partial charge in [0.05, 0.1) is 6.61 Å².